The fraction of sp³-hybridized carbons (Fsp3) is 0.583. The summed E-state index contributed by atoms with van der Waals surface area (Å²) >= 11 is 1.66. The second kappa shape index (κ2) is 6.99. The predicted octanol–water partition coefficient (Wildman–Crippen LogP) is 2.16. The van der Waals surface area contributed by atoms with Crippen molar-refractivity contribution in [2.24, 2.45) is 17.6 Å². The first-order valence-electron chi connectivity index (χ1n) is 5.80. The van der Waals surface area contributed by atoms with Crippen molar-refractivity contribution in [1.82, 2.24) is 5.32 Å². The second-order valence-corrected chi connectivity index (χ2v) is 5.16. The van der Waals surface area contributed by atoms with E-state index in [1.807, 2.05) is 11.4 Å². The summed E-state index contributed by atoms with van der Waals surface area (Å²) in [5.41, 5.74) is 6.86. The van der Waals surface area contributed by atoms with Gasteiger partial charge in [0, 0.05) is 12.5 Å². The zero-order valence-corrected chi connectivity index (χ0v) is 11.4. The number of carbonyl (C=O) groups excluding carboxylic acids is 1. The minimum Gasteiger partial charge on any atom is -0.352 e. The van der Waals surface area contributed by atoms with Crippen LogP contribution in [-0.4, -0.2) is 12.5 Å². The summed E-state index contributed by atoms with van der Waals surface area (Å²) < 4.78 is 0. The topological polar surface area (TPSA) is 55.1 Å². The standard InChI is InChI=1S/C12H18N2OS.ClH/c13-6-10-2-1-3-11(10)12(15)14-7-9-4-5-16-8-9;/h4-5,8,10-11H,1-3,6-7,13H2,(H,14,15);1H/t10-,11-;/m1./s1. The van der Waals surface area contributed by atoms with E-state index >= 15 is 0 Å². The molecule has 3 N–H and O–H groups in total. The SMILES string of the molecule is Cl.NC[C@H]1CCC[C@H]1C(=O)NCc1ccsc1. The Morgan fingerprint density at radius 3 is 3.00 bits per heavy atom. The Morgan fingerprint density at radius 1 is 1.53 bits per heavy atom. The van der Waals surface area contributed by atoms with E-state index in [-0.39, 0.29) is 24.2 Å². The van der Waals surface area contributed by atoms with Crippen molar-refractivity contribution < 1.29 is 4.79 Å². The second-order valence-electron chi connectivity index (χ2n) is 4.38. The number of thiophene rings is 1. The summed E-state index contributed by atoms with van der Waals surface area (Å²) in [5, 5.41) is 7.10. The molecule has 0 bridgehead atoms. The molecule has 1 fully saturated rings. The number of halogens is 1. The number of nitrogens with one attached hydrogen (secondary N) is 1. The Bertz CT molecular complexity index is 342. The van der Waals surface area contributed by atoms with Crippen molar-refractivity contribution >= 4 is 29.7 Å². The molecule has 96 valence electrons. The van der Waals surface area contributed by atoms with Crippen molar-refractivity contribution in [2.75, 3.05) is 6.54 Å². The third-order valence-electron chi connectivity index (χ3n) is 3.35. The summed E-state index contributed by atoms with van der Waals surface area (Å²) in [5.74, 6) is 0.713. The monoisotopic (exact) mass is 274 g/mol. The van der Waals surface area contributed by atoms with E-state index in [0.717, 1.165) is 19.3 Å². The van der Waals surface area contributed by atoms with E-state index in [9.17, 15) is 4.79 Å². The minimum absolute atomic E-state index is 0. The van der Waals surface area contributed by atoms with Crippen molar-refractivity contribution in [3.8, 4) is 0 Å². The van der Waals surface area contributed by atoms with Crippen LogP contribution < -0.4 is 11.1 Å². The van der Waals surface area contributed by atoms with Crippen LogP contribution in [-0.2, 0) is 11.3 Å². The van der Waals surface area contributed by atoms with Gasteiger partial charge in [0.2, 0.25) is 5.91 Å². The number of hydrogen-bond acceptors (Lipinski definition) is 3. The van der Waals surface area contributed by atoms with Crippen molar-refractivity contribution in [2.45, 2.75) is 25.8 Å². The number of carbonyl (C=O) groups is 1. The van der Waals surface area contributed by atoms with Gasteiger partial charge >= 0.3 is 0 Å². The average molecular weight is 275 g/mol. The fourth-order valence-corrected chi connectivity index (χ4v) is 3.05. The van der Waals surface area contributed by atoms with Crippen LogP contribution in [0.1, 0.15) is 24.8 Å². The molecule has 0 saturated heterocycles. The van der Waals surface area contributed by atoms with Crippen molar-refractivity contribution in [3.05, 3.63) is 22.4 Å². The molecule has 1 amide bonds. The van der Waals surface area contributed by atoms with Gasteiger partial charge in [-0.15, -0.1) is 12.4 Å². The highest BCUT2D eigenvalue weighted by molar-refractivity contribution is 7.07. The molecule has 1 heterocycles. The summed E-state index contributed by atoms with van der Waals surface area (Å²) in [6, 6.07) is 2.04. The fourth-order valence-electron chi connectivity index (χ4n) is 2.38. The van der Waals surface area contributed by atoms with E-state index in [1.54, 1.807) is 11.3 Å². The van der Waals surface area contributed by atoms with E-state index < -0.39 is 0 Å². The number of rotatable bonds is 4. The summed E-state index contributed by atoms with van der Waals surface area (Å²) in [6.45, 7) is 1.28. The molecule has 0 spiro atoms. The lowest BCUT2D eigenvalue weighted by Gasteiger charge is -2.17. The highest BCUT2D eigenvalue weighted by atomic mass is 35.5. The molecule has 2 atom stereocenters. The third-order valence-corrected chi connectivity index (χ3v) is 4.08. The smallest absolute Gasteiger partial charge is 0.223 e. The van der Waals surface area contributed by atoms with Crippen LogP contribution in [0.15, 0.2) is 16.8 Å². The minimum atomic E-state index is 0. The van der Waals surface area contributed by atoms with Gasteiger partial charge in [-0.1, -0.05) is 6.42 Å². The summed E-state index contributed by atoms with van der Waals surface area (Å²) in [7, 11) is 0. The van der Waals surface area contributed by atoms with Crippen molar-refractivity contribution in [1.29, 1.82) is 0 Å². The normalized spacial score (nSPS) is 23.1. The lowest BCUT2D eigenvalue weighted by molar-refractivity contribution is -0.126. The maximum Gasteiger partial charge on any atom is 0.223 e. The van der Waals surface area contributed by atoms with Crippen LogP contribution in [0.5, 0.6) is 0 Å². The van der Waals surface area contributed by atoms with E-state index in [4.69, 9.17) is 5.73 Å². The van der Waals surface area contributed by atoms with Crippen LogP contribution >= 0.6 is 23.7 Å². The quantitative estimate of drug-likeness (QED) is 0.884. The third kappa shape index (κ3) is 3.69. The van der Waals surface area contributed by atoms with Crippen LogP contribution in [0.3, 0.4) is 0 Å². The average Bonchev–Trinajstić information content (AvgIpc) is 2.96. The Morgan fingerprint density at radius 2 is 2.35 bits per heavy atom. The Hall–Kier alpha value is -0.580. The first kappa shape index (κ1) is 14.5. The van der Waals surface area contributed by atoms with Crippen LogP contribution in [0, 0.1) is 11.8 Å². The highest BCUT2D eigenvalue weighted by Crippen LogP contribution is 2.30. The first-order valence-corrected chi connectivity index (χ1v) is 6.74. The number of hydrogen-bond donors (Lipinski definition) is 2. The molecule has 1 aliphatic carbocycles. The molecule has 0 aromatic carbocycles. The molecular weight excluding hydrogens is 256 g/mol. The molecule has 1 aromatic heterocycles. The molecule has 2 rings (SSSR count). The van der Waals surface area contributed by atoms with Gasteiger partial charge < -0.3 is 11.1 Å². The molecule has 1 saturated carbocycles. The zero-order valence-electron chi connectivity index (χ0n) is 9.72. The first-order chi connectivity index (χ1) is 7.81. The lowest BCUT2D eigenvalue weighted by Crippen LogP contribution is -2.34. The molecule has 0 radical (unpaired) electrons. The van der Waals surface area contributed by atoms with Gasteiger partial charge in [-0.3, -0.25) is 4.79 Å². The zero-order chi connectivity index (χ0) is 11.4. The van der Waals surface area contributed by atoms with Gasteiger partial charge in [0.15, 0.2) is 0 Å². The van der Waals surface area contributed by atoms with Crippen LogP contribution in [0.2, 0.25) is 0 Å². The van der Waals surface area contributed by atoms with Gasteiger partial charge in [-0.05, 0) is 47.7 Å². The maximum absolute atomic E-state index is 11.9. The molecular formula is C12H19ClN2OS. The largest absolute Gasteiger partial charge is 0.352 e. The van der Waals surface area contributed by atoms with Crippen molar-refractivity contribution in [3.63, 3.8) is 0 Å². The molecule has 1 aromatic rings. The number of amides is 1. The summed E-state index contributed by atoms with van der Waals surface area (Å²) in [4.78, 5) is 11.9. The lowest BCUT2D eigenvalue weighted by atomic mass is 9.95. The van der Waals surface area contributed by atoms with E-state index in [2.05, 4.69) is 10.7 Å². The van der Waals surface area contributed by atoms with Gasteiger partial charge in [-0.2, -0.15) is 11.3 Å². The van der Waals surface area contributed by atoms with Gasteiger partial charge in [0.1, 0.15) is 0 Å². The molecule has 5 heteroatoms. The van der Waals surface area contributed by atoms with Crippen LogP contribution in [0.4, 0.5) is 0 Å². The molecule has 3 nitrogen and oxygen atoms in total. The Balaban J connectivity index is 0.00000144. The van der Waals surface area contributed by atoms with Gasteiger partial charge in [0.25, 0.3) is 0 Å². The Kier molecular flexibility index (Phi) is 5.95. The highest BCUT2D eigenvalue weighted by Gasteiger charge is 2.31. The van der Waals surface area contributed by atoms with E-state index in [0.29, 0.717) is 19.0 Å². The van der Waals surface area contributed by atoms with Crippen LogP contribution in [0.25, 0.3) is 0 Å². The number of nitrogens with two attached hydrogens (primary N) is 1. The Labute approximate surface area is 112 Å². The van der Waals surface area contributed by atoms with E-state index in [1.165, 1.54) is 5.56 Å². The molecule has 0 aliphatic heterocycles. The predicted molar refractivity (Wildman–Crippen MR) is 73.3 cm³/mol. The summed E-state index contributed by atoms with van der Waals surface area (Å²) in [6.07, 6.45) is 3.24. The molecule has 0 unspecified atom stereocenters. The molecule has 1 aliphatic rings. The molecule has 17 heavy (non-hydrogen) atoms. The van der Waals surface area contributed by atoms with Gasteiger partial charge in [0.05, 0.1) is 0 Å². The van der Waals surface area contributed by atoms with Gasteiger partial charge in [-0.25, -0.2) is 0 Å². The maximum atomic E-state index is 11.9.